The molecule has 0 radical (unpaired) electrons. The number of ether oxygens (including phenoxy) is 1. The normalized spacial score (nSPS) is 10.9. The molecular weight excluding hydrogens is 296 g/mol. The Balaban J connectivity index is 2.99. The summed E-state index contributed by atoms with van der Waals surface area (Å²) in [6.45, 7) is 1.60. The molecule has 1 rings (SSSR count). The second kappa shape index (κ2) is 6.00. The molecule has 0 aliphatic heterocycles. The number of nitrogens with two attached hydrogens (primary N) is 1. The number of halogens is 1. The number of amides is 1. The third-order valence-corrected chi connectivity index (χ3v) is 3.35. The minimum atomic E-state index is -4.02. The van der Waals surface area contributed by atoms with E-state index >= 15 is 0 Å². The van der Waals surface area contributed by atoms with Gasteiger partial charge in [-0.05, 0) is 25.1 Å². The van der Waals surface area contributed by atoms with Crippen molar-refractivity contribution in [2.75, 3.05) is 11.9 Å². The summed E-state index contributed by atoms with van der Waals surface area (Å²) < 4.78 is 26.9. The molecule has 1 aromatic carbocycles. The number of rotatable bonds is 3. The molecule has 0 heterocycles. The first kappa shape index (κ1) is 15.4. The summed E-state index contributed by atoms with van der Waals surface area (Å²) in [4.78, 5) is 22.1. The second-order valence-corrected chi connectivity index (χ2v) is 5.30. The Labute approximate surface area is 114 Å². The summed E-state index contributed by atoms with van der Waals surface area (Å²) >= 11 is 5.67. The van der Waals surface area contributed by atoms with Crippen LogP contribution in [-0.4, -0.2) is 26.9 Å². The highest BCUT2D eigenvalue weighted by atomic mass is 35.5. The zero-order chi connectivity index (χ0) is 14.6. The topological polar surface area (TPSA) is 116 Å². The molecule has 9 heteroatoms. The van der Waals surface area contributed by atoms with Gasteiger partial charge in [-0.25, -0.2) is 18.4 Å². The van der Waals surface area contributed by atoms with Crippen LogP contribution in [0.4, 0.5) is 5.69 Å². The number of anilines is 1. The van der Waals surface area contributed by atoms with Crippen LogP contribution in [0.2, 0.25) is 5.02 Å². The first-order chi connectivity index (χ1) is 8.75. The lowest BCUT2D eigenvalue weighted by atomic mass is 10.3. The van der Waals surface area contributed by atoms with E-state index in [1.807, 2.05) is 0 Å². The standard InChI is InChI=1S/C10H11ClN2O5S/c1-2-18-10(15)9(14)13-6-3-4-7(11)8(5-6)19(12,16)17/h3-5H,2H2,1H3,(H,13,14)(H2,12,16,17). The molecule has 0 saturated carbocycles. The van der Waals surface area contributed by atoms with Crippen LogP contribution in [0.5, 0.6) is 0 Å². The van der Waals surface area contributed by atoms with Gasteiger partial charge < -0.3 is 10.1 Å². The molecule has 7 nitrogen and oxygen atoms in total. The van der Waals surface area contributed by atoms with Gasteiger partial charge in [0.05, 0.1) is 11.6 Å². The Bertz CT molecular complexity index is 614. The molecule has 0 aliphatic carbocycles. The molecule has 0 fully saturated rings. The van der Waals surface area contributed by atoms with E-state index in [9.17, 15) is 18.0 Å². The van der Waals surface area contributed by atoms with E-state index in [4.69, 9.17) is 16.7 Å². The van der Waals surface area contributed by atoms with Crippen molar-refractivity contribution >= 4 is 39.2 Å². The fraction of sp³-hybridized carbons (Fsp3) is 0.200. The second-order valence-electron chi connectivity index (χ2n) is 3.36. The third kappa shape index (κ3) is 4.19. The summed E-state index contributed by atoms with van der Waals surface area (Å²) in [5.41, 5.74) is 0.0616. The number of nitrogens with one attached hydrogen (secondary N) is 1. The predicted octanol–water partition coefficient (Wildman–Crippen LogP) is 0.489. The largest absolute Gasteiger partial charge is 0.459 e. The van der Waals surface area contributed by atoms with Crippen LogP contribution in [0.15, 0.2) is 23.1 Å². The lowest BCUT2D eigenvalue weighted by Gasteiger charge is -2.07. The van der Waals surface area contributed by atoms with Gasteiger partial charge in [0.1, 0.15) is 4.90 Å². The molecule has 0 saturated heterocycles. The van der Waals surface area contributed by atoms with Crippen LogP contribution >= 0.6 is 11.6 Å². The van der Waals surface area contributed by atoms with Crippen molar-refractivity contribution in [2.45, 2.75) is 11.8 Å². The maximum Gasteiger partial charge on any atom is 0.397 e. The highest BCUT2D eigenvalue weighted by Gasteiger charge is 2.18. The maximum absolute atomic E-state index is 11.3. The van der Waals surface area contributed by atoms with Crippen molar-refractivity contribution in [1.82, 2.24) is 0 Å². The van der Waals surface area contributed by atoms with Gasteiger partial charge in [0, 0.05) is 5.69 Å². The number of hydrogen-bond donors (Lipinski definition) is 2. The minimum Gasteiger partial charge on any atom is -0.459 e. The number of hydrogen-bond acceptors (Lipinski definition) is 5. The maximum atomic E-state index is 11.3. The van der Waals surface area contributed by atoms with Gasteiger partial charge in [0.25, 0.3) is 0 Å². The fourth-order valence-corrected chi connectivity index (χ4v) is 2.25. The molecule has 1 aromatic rings. The van der Waals surface area contributed by atoms with Gasteiger partial charge in [-0.2, -0.15) is 0 Å². The van der Waals surface area contributed by atoms with Crippen LogP contribution in [0, 0.1) is 0 Å². The Morgan fingerprint density at radius 1 is 1.42 bits per heavy atom. The molecule has 0 bridgehead atoms. The average molecular weight is 307 g/mol. The Morgan fingerprint density at radius 3 is 2.58 bits per heavy atom. The van der Waals surface area contributed by atoms with Crippen molar-refractivity contribution in [3.05, 3.63) is 23.2 Å². The molecule has 104 valence electrons. The lowest BCUT2D eigenvalue weighted by Crippen LogP contribution is -2.25. The number of sulfonamides is 1. The number of esters is 1. The van der Waals surface area contributed by atoms with Crippen molar-refractivity contribution < 1.29 is 22.7 Å². The molecular formula is C10H11ClN2O5S. The van der Waals surface area contributed by atoms with Gasteiger partial charge in [-0.15, -0.1) is 0 Å². The van der Waals surface area contributed by atoms with Gasteiger partial charge in [0.2, 0.25) is 10.0 Å². The third-order valence-electron chi connectivity index (χ3n) is 1.96. The summed E-state index contributed by atoms with van der Waals surface area (Å²) in [5, 5.41) is 7.04. The number of carbonyl (C=O) groups excluding carboxylic acids is 2. The van der Waals surface area contributed by atoms with E-state index < -0.39 is 21.9 Å². The van der Waals surface area contributed by atoms with E-state index in [-0.39, 0.29) is 22.2 Å². The number of primary sulfonamides is 1. The first-order valence-electron chi connectivity index (χ1n) is 5.06. The average Bonchev–Trinajstić information content (AvgIpc) is 2.30. The predicted molar refractivity (Wildman–Crippen MR) is 68.1 cm³/mol. The molecule has 0 aliphatic rings. The van der Waals surface area contributed by atoms with E-state index in [1.54, 1.807) is 6.92 Å². The molecule has 19 heavy (non-hydrogen) atoms. The van der Waals surface area contributed by atoms with Gasteiger partial charge in [-0.3, -0.25) is 4.79 Å². The van der Waals surface area contributed by atoms with Crippen LogP contribution in [0.3, 0.4) is 0 Å². The SMILES string of the molecule is CCOC(=O)C(=O)Nc1ccc(Cl)c(S(N)(=O)=O)c1. The Morgan fingerprint density at radius 2 is 2.05 bits per heavy atom. The summed E-state index contributed by atoms with van der Waals surface area (Å²) in [7, 11) is -4.02. The minimum absolute atomic E-state index is 0.0509. The molecule has 0 atom stereocenters. The van der Waals surface area contributed by atoms with Crippen molar-refractivity contribution in [2.24, 2.45) is 5.14 Å². The van der Waals surface area contributed by atoms with Crippen molar-refractivity contribution in [3.8, 4) is 0 Å². The zero-order valence-electron chi connectivity index (χ0n) is 9.84. The molecule has 3 N–H and O–H groups in total. The number of carbonyl (C=O) groups is 2. The van der Waals surface area contributed by atoms with Crippen molar-refractivity contribution in [3.63, 3.8) is 0 Å². The smallest absolute Gasteiger partial charge is 0.397 e. The van der Waals surface area contributed by atoms with Crippen LogP contribution in [-0.2, 0) is 24.3 Å². The van der Waals surface area contributed by atoms with Gasteiger partial charge >= 0.3 is 11.9 Å². The quantitative estimate of drug-likeness (QED) is 0.623. The summed E-state index contributed by atoms with van der Waals surface area (Å²) in [5.74, 6) is -2.10. The Hall–Kier alpha value is -1.64. The molecule has 0 spiro atoms. The number of benzene rings is 1. The zero-order valence-corrected chi connectivity index (χ0v) is 11.4. The van der Waals surface area contributed by atoms with Crippen LogP contribution < -0.4 is 10.5 Å². The first-order valence-corrected chi connectivity index (χ1v) is 6.98. The van der Waals surface area contributed by atoms with Crippen LogP contribution in [0.25, 0.3) is 0 Å². The van der Waals surface area contributed by atoms with E-state index in [1.165, 1.54) is 12.1 Å². The lowest BCUT2D eigenvalue weighted by molar-refractivity contribution is -0.152. The van der Waals surface area contributed by atoms with Gasteiger partial charge in [0.15, 0.2) is 0 Å². The van der Waals surface area contributed by atoms with E-state index in [0.29, 0.717) is 0 Å². The molecule has 0 aromatic heterocycles. The molecule has 0 unspecified atom stereocenters. The Kier molecular flexibility index (Phi) is 4.87. The summed E-state index contributed by atoms with van der Waals surface area (Å²) in [6, 6.07) is 3.62. The van der Waals surface area contributed by atoms with Gasteiger partial charge in [-0.1, -0.05) is 11.6 Å². The highest BCUT2D eigenvalue weighted by Crippen LogP contribution is 2.23. The monoisotopic (exact) mass is 306 g/mol. The molecule has 1 amide bonds. The highest BCUT2D eigenvalue weighted by molar-refractivity contribution is 7.89. The summed E-state index contributed by atoms with van der Waals surface area (Å²) in [6.07, 6.45) is 0. The van der Waals surface area contributed by atoms with E-state index in [2.05, 4.69) is 10.1 Å². The van der Waals surface area contributed by atoms with E-state index in [0.717, 1.165) is 6.07 Å². The van der Waals surface area contributed by atoms with Crippen LogP contribution in [0.1, 0.15) is 6.92 Å². The fourth-order valence-electron chi connectivity index (χ4n) is 1.18. The van der Waals surface area contributed by atoms with Crippen molar-refractivity contribution in [1.29, 1.82) is 0 Å².